The third-order valence-electron chi connectivity index (χ3n) is 2.81. The molecule has 1 atom stereocenters. The van der Waals surface area contributed by atoms with E-state index in [0.717, 1.165) is 6.42 Å². The molecule has 0 fully saturated rings. The second kappa shape index (κ2) is 7.65. The molecule has 2 N–H and O–H groups in total. The Morgan fingerprint density at radius 2 is 2.26 bits per heavy atom. The second-order valence-corrected chi connectivity index (χ2v) is 4.73. The first kappa shape index (κ1) is 15.3. The Morgan fingerprint density at radius 3 is 2.89 bits per heavy atom. The summed E-state index contributed by atoms with van der Waals surface area (Å²) in [5.41, 5.74) is 1.07. The van der Waals surface area contributed by atoms with Crippen molar-refractivity contribution in [2.24, 2.45) is 0 Å². The molecule has 19 heavy (non-hydrogen) atoms. The van der Waals surface area contributed by atoms with Crippen LogP contribution in [-0.2, 0) is 4.79 Å². The molecule has 0 bridgehead atoms. The topological polar surface area (TPSA) is 64.9 Å². The third-order valence-corrected chi connectivity index (χ3v) is 3.13. The van der Waals surface area contributed by atoms with E-state index in [1.807, 2.05) is 19.9 Å². The Bertz CT molecular complexity index is 482. The molecule has 102 valence electrons. The van der Waals surface area contributed by atoms with Crippen LogP contribution in [0.2, 0.25) is 5.02 Å². The fourth-order valence-electron chi connectivity index (χ4n) is 1.54. The second-order valence-electron chi connectivity index (χ2n) is 4.33. The molecule has 0 saturated carbocycles. The molecule has 5 heteroatoms. The van der Waals surface area contributed by atoms with Gasteiger partial charge in [-0.1, -0.05) is 24.6 Å². The van der Waals surface area contributed by atoms with Gasteiger partial charge in [0, 0.05) is 19.0 Å². The predicted molar refractivity (Wildman–Crippen MR) is 77.2 cm³/mol. The van der Waals surface area contributed by atoms with Crippen LogP contribution in [0.25, 0.3) is 0 Å². The number of rotatable bonds is 6. The first-order chi connectivity index (χ1) is 9.08. The normalized spacial score (nSPS) is 11.5. The van der Waals surface area contributed by atoms with Crippen LogP contribution in [0, 0.1) is 11.3 Å². The van der Waals surface area contributed by atoms with Gasteiger partial charge >= 0.3 is 0 Å². The lowest BCUT2D eigenvalue weighted by molar-refractivity contribution is -0.121. The van der Waals surface area contributed by atoms with E-state index in [1.165, 1.54) is 0 Å². The van der Waals surface area contributed by atoms with Crippen LogP contribution in [0.15, 0.2) is 18.2 Å². The van der Waals surface area contributed by atoms with Crippen molar-refractivity contribution in [3.63, 3.8) is 0 Å². The highest BCUT2D eigenvalue weighted by Crippen LogP contribution is 2.22. The summed E-state index contributed by atoms with van der Waals surface area (Å²) < 4.78 is 0. The van der Waals surface area contributed by atoms with Gasteiger partial charge in [0.05, 0.1) is 16.3 Å². The molecule has 1 aromatic carbocycles. The highest BCUT2D eigenvalue weighted by molar-refractivity contribution is 6.32. The fourth-order valence-corrected chi connectivity index (χ4v) is 1.76. The van der Waals surface area contributed by atoms with Gasteiger partial charge in [0.1, 0.15) is 6.07 Å². The zero-order valence-electron chi connectivity index (χ0n) is 11.2. The van der Waals surface area contributed by atoms with Crippen LogP contribution in [0.3, 0.4) is 0 Å². The van der Waals surface area contributed by atoms with Crippen LogP contribution in [0.4, 0.5) is 5.69 Å². The van der Waals surface area contributed by atoms with Crippen molar-refractivity contribution in [2.45, 2.75) is 32.7 Å². The van der Waals surface area contributed by atoms with Crippen molar-refractivity contribution >= 4 is 23.2 Å². The largest absolute Gasteiger partial charge is 0.383 e. The summed E-state index contributed by atoms with van der Waals surface area (Å²) in [6.07, 6.45) is 1.27. The zero-order valence-corrected chi connectivity index (χ0v) is 11.9. The van der Waals surface area contributed by atoms with Gasteiger partial charge in [-0.15, -0.1) is 0 Å². The lowest BCUT2D eigenvalue weighted by atomic mass is 10.2. The SMILES string of the molecule is CCC(C)NC(=O)CCNc1cccc(Cl)c1C#N. The molecule has 0 heterocycles. The summed E-state index contributed by atoms with van der Waals surface area (Å²) >= 11 is 5.92. The summed E-state index contributed by atoms with van der Waals surface area (Å²) in [6.45, 7) is 4.46. The zero-order chi connectivity index (χ0) is 14.3. The molecule has 0 aliphatic carbocycles. The van der Waals surface area contributed by atoms with Crippen molar-refractivity contribution in [2.75, 3.05) is 11.9 Å². The molecular weight excluding hydrogens is 262 g/mol. The maximum Gasteiger partial charge on any atom is 0.221 e. The molecule has 1 amide bonds. The Kier molecular flexibility index (Phi) is 6.17. The molecular formula is C14H18ClN3O. The van der Waals surface area contributed by atoms with Crippen LogP contribution in [0.5, 0.6) is 0 Å². The van der Waals surface area contributed by atoms with Crippen molar-refractivity contribution < 1.29 is 4.79 Å². The fraction of sp³-hybridized carbons (Fsp3) is 0.429. The Hall–Kier alpha value is -1.73. The number of amides is 1. The van der Waals surface area contributed by atoms with E-state index in [4.69, 9.17) is 16.9 Å². The van der Waals surface area contributed by atoms with Gasteiger partial charge in [0.25, 0.3) is 0 Å². The van der Waals surface area contributed by atoms with Crippen molar-refractivity contribution in [3.05, 3.63) is 28.8 Å². The van der Waals surface area contributed by atoms with Gasteiger partial charge in [0.15, 0.2) is 0 Å². The highest BCUT2D eigenvalue weighted by Gasteiger charge is 2.08. The maximum atomic E-state index is 11.6. The van der Waals surface area contributed by atoms with Gasteiger partial charge in [-0.2, -0.15) is 5.26 Å². The quantitative estimate of drug-likeness (QED) is 0.841. The molecule has 0 aliphatic rings. The van der Waals surface area contributed by atoms with Gasteiger partial charge in [0.2, 0.25) is 5.91 Å². The summed E-state index contributed by atoms with van der Waals surface area (Å²) in [4.78, 5) is 11.6. The number of carbonyl (C=O) groups excluding carboxylic acids is 1. The van der Waals surface area contributed by atoms with Crippen molar-refractivity contribution in [1.29, 1.82) is 5.26 Å². The average molecular weight is 280 g/mol. The molecule has 0 aliphatic heterocycles. The molecule has 0 aromatic heterocycles. The Morgan fingerprint density at radius 1 is 1.53 bits per heavy atom. The summed E-state index contributed by atoms with van der Waals surface area (Å²) in [5.74, 6) is 0.00221. The number of benzene rings is 1. The molecule has 1 aromatic rings. The third kappa shape index (κ3) is 4.80. The minimum atomic E-state index is 0.00221. The van der Waals surface area contributed by atoms with E-state index >= 15 is 0 Å². The number of hydrogen-bond donors (Lipinski definition) is 2. The summed E-state index contributed by atoms with van der Waals surface area (Å²) in [5, 5.41) is 15.4. The van der Waals surface area contributed by atoms with Crippen molar-refractivity contribution in [1.82, 2.24) is 5.32 Å². The minimum Gasteiger partial charge on any atom is -0.383 e. The lowest BCUT2D eigenvalue weighted by Gasteiger charge is -2.12. The summed E-state index contributed by atoms with van der Waals surface area (Å²) in [6, 6.07) is 7.45. The van der Waals surface area contributed by atoms with Gasteiger partial charge in [-0.25, -0.2) is 0 Å². The number of nitrogens with zero attached hydrogens (tertiary/aromatic N) is 1. The maximum absolute atomic E-state index is 11.6. The van der Waals surface area contributed by atoms with Crippen LogP contribution < -0.4 is 10.6 Å². The number of anilines is 1. The summed E-state index contributed by atoms with van der Waals surface area (Å²) in [7, 11) is 0. The van der Waals surface area contributed by atoms with Crippen LogP contribution >= 0.6 is 11.6 Å². The predicted octanol–water partition coefficient (Wildman–Crippen LogP) is 2.93. The smallest absolute Gasteiger partial charge is 0.221 e. The lowest BCUT2D eigenvalue weighted by Crippen LogP contribution is -2.32. The number of halogens is 1. The number of nitriles is 1. The Labute approximate surface area is 118 Å². The standard InChI is InChI=1S/C14H18ClN3O/c1-3-10(2)18-14(19)7-8-17-13-6-4-5-12(15)11(13)9-16/h4-6,10,17H,3,7-8H2,1-2H3,(H,18,19). The van der Waals surface area contributed by atoms with E-state index in [2.05, 4.69) is 10.6 Å². The molecule has 4 nitrogen and oxygen atoms in total. The van der Waals surface area contributed by atoms with Gasteiger partial charge in [-0.05, 0) is 25.5 Å². The first-order valence-corrected chi connectivity index (χ1v) is 6.68. The van der Waals surface area contributed by atoms with E-state index in [-0.39, 0.29) is 11.9 Å². The van der Waals surface area contributed by atoms with Gasteiger partial charge < -0.3 is 10.6 Å². The molecule has 0 saturated heterocycles. The first-order valence-electron chi connectivity index (χ1n) is 6.30. The molecule has 1 unspecified atom stereocenters. The van der Waals surface area contributed by atoms with Crippen LogP contribution in [-0.4, -0.2) is 18.5 Å². The number of hydrogen-bond acceptors (Lipinski definition) is 3. The number of nitrogens with one attached hydrogen (secondary N) is 2. The molecule has 0 radical (unpaired) electrons. The van der Waals surface area contributed by atoms with E-state index in [9.17, 15) is 4.79 Å². The average Bonchev–Trinajstić information content (AvgIpc) is 2.38. The Balaban J connectivity index is 2.48. The van der Waals surface area contributed by atoms with E-state index < -0.39 is 0 Å². The van der Waals surface area contributed by atoms with Crippen LogP contribution in [0.1, 0.15) is 32.3 Å². The minimum absolute atomic E-state index is 0.00221. The van der Waals surface area contributed by atoms with Crippen molar-refractivity contribution in [3.8, 4) is 6.07 Å². The van der Waals surface area contributed by atoms with Gasteiger partial charge in [-0.3, -0.25) is 4.79 Å². The molecule has 1 rings (SSSR count). The van der Waals surface area contributed by atoms with E-state index in [0.29, 0.717) is 29.2 Å². The monoisotopic (exact) mass is 279 g/mol. The molecule has 0 spiro atoms. The number of carbonyl (C=O) groups is 1. The highest BCUT2D eigenvalue weighted by atomic mass is 35.5. The van der Waals surface area contributed by atoms with E-state index in [1.54, 1.807) is 18.2 Å².